The van der Waals surface area contributed by atoms with Crippen molar-refractivity contribution >= 4 is 35.9 Å². The summed E-state index contributed by atoms with van der Waals surface area (Å²) < 4.78 is 40.4. The number of aromatic nitrogens is 4. The lowest BCUT2D eigenvalue weighted by molar-refractivity contribution is -0.142. The van der Waals surface area contributed by atoms with Crippen LogP contribution >= 0.6 is 24.0 Å². The lowest BCUT2D eigenvalue weighted by Gasteiger charge is -2.36. The van der Waals surface area contributed by atoms with Crippen LogP contribution in [0.5, 0.6) is 0 Å². The molecule has 1 saturated heterocycles. The van der Waals surface area contributed by atoms with Crippen molar-refractivity contribution in [2.24, 2.45) is 12.0 Å². The van der Waals surface area contributed by atoms with Gasteiger partial charge in [0.1, 0.15) is 0 Å². The molecule has 1 fully saturated rings. The van der Waals surface area contributed by atoms with E-state index in [9.17, 15) is 13.2 Å². The minimum atomic E-state index is -4.48. The monoisotopic (exact) mass is 510 g/mol. The SMILES string of the molecule is CN=C(NCc1cn(C)nc1C(F)(F)F)N1CCN(c2ncccn2)CC1.I. The molecule has 1 aliphatic rings. The average molecular weight is 510 g/mol. The Morgan fingerprint density at radius 2 is 1.82 bits per heavy atom. The molecular weight excluding hydrogens is 488 g/mol. The van der Waals surface area contributed by atoms with E-state index in [0.29, 0.717) is 38.1 Å². The van der Waals surface area contributed by atoms with E-state index in [1.54, 1.807) is 25.5 Å². The number of aryl methyl sites for hydroxylation is 1. The van der Waals surface area contributed by atoms with E-state index in [1.807, 2.05) is 4.90 Å². The molecule has 0 bridgehead atoms. The van der Waals surface area contributed by atoms with E-state index >= 15 is 0 Å². The first-order valence-electron chi connectivity index (χ1n) is 8.45. The van der Waals surface area contributed by atoms with Gasteiger partial charge >= 0.3 is 6.18 Å². The molecule has 0 unspecified atom stereocenters. The summed E-state index contributed by atoms with van der Waals surface area (Å²) in [6, 6.07) is 1.76. The van der Waals surface area contributed by atoms with Gasteiger partial charge in [-0.15, -0.1) is 24.0 Å². The zero-order valence-corrected chi connectivity index (χ0v) is 17.8. The molecule has 1 aliphatic heterocycles. The zero-order valence-electron chi connectivity index (χ0n) is 15.5. The number of guanidine groups is 1. The van der Waals surface area contributed by atoms with Crippen LogP contribution in [-0.4, -0.2) is 63.8 Å². The number of halogens is 4. The van der Waals surface area contributed by atoms with Gasteiger partial charge in [-0.3, -0.25) is 9.67 Å². The molecule has 0 saturated carbocycles. The van der Waals surface area contributed by atoms with E-state index in [-0.39, 0.29) is 36.1 Å². The van der Waals surface area contributed by atoms with E-state index < -0.39 is 11.9 Å². The van der Waals surface area contributed by atoms with Gasteiger partial charge < -0.3 is 15.1 Å². The highest BCUT2D eigenvalue weighted by atomic mass is 127. The fourth-order valence-electron chi connectivity index (χ4n) is 2.98. The molecule has 0 amide bonds. The van der Waals surface area contributed by atoms with E-state index in [2.05, 4.69) is 30.3 Å². The molecule has 0 aromatic carbocycles. The number of anilines is 1. The van der Waals surface area contributed by atoms with Crippen LogP contribution in [0, 0.1) is 0 Å². The summed E-state index contributed by atoms with van der Waals surface area (Å²) in [4.78, 5) is 16.7. The summed E-state index contributed by atoms with van der Waals surface area (Å²) >= 11 is 0. The Bertz CT molecular complexity index is 785. The molecule has 0 radical (unpaired) electrons. The van der Waals surface area contributed by atoms with Gasteiger partial charge in [-0.25, -0.2) is 9.97 Å². The van der Waals surface area contributed by atoms with Crippen LogP contribution < -0.4 is 10.2 Å². The zero-order chi connectivity index (χ0) is 19.4. The first kappa shape index (κ1) is 22.2. The van der Waals surface area contributed by atoms with Crippen molar-refractivity contribution in [3.63, 3.8) is 0 Å². The highest BCUT2D eigenvalue weighted by Gasteiger charge is 2.37. The molecule has 0 atom stereocenters. The molecule has 3 heterocycles. The molecule has 8 nitrogen and oxygen atoms in total. The molecule has 1 N–H and O–H groups in total. The van der Waals surface area contributed by atoms with Crippen LogP contribution in [0.25, 0.3) is 0 Å². The summed E-state index contributed by atoms with van der Waals surface area (Å²) in [7, 11) is 3.08. The second-order valence-corrected chi connectivity index (χ2v) is 6.10. The Hall–Kier alpha value is -2.12. The van der Waals surface area contributed by atoms with Gasteiger partial charge in [-0.05, 0) is 6.07 Å². The number of nitrogens with zero attached hydrogens (tertiary/aromatic N) is 7. The predicted octanol–water partition coefficient (Wildman–Crippen LogP) is 1.74. The van der Waals surface area contributed by atoms with Gasteiger partial charge in [0.05, 0.1) is 0 Å². The van der Waals surface area contributed by atoms with Crippen LogP contribution in [0.3, 0.4) is 0 Å². The smallest absolute Gasteiger partial charge is 0.352 e. The standard InChI is InChI=1S/C16H21F3N8.HI/c1-20-14(23-10-12-11-25(2)24-13(12)16(17,18)19)26-6-8-27(9-7-26)15-21-4-3-5-22-15;/h3-5,11H,6-10H2,1-2H3,(H,20,23);1H. The van der Waals surface area contributed by atoms with Crippen molar-refractivity contribution < 1.29 is 13.2 Å². The lowest BCUT2D eigenvalue weighted by Crippen LogP contribution is -2.52. The molecular formula is C16H22F3IN8. The van der Waals surface area contributed by atoms with Crippen LogP contribution in [0.1, 0.15) is 11.3 Å². The summed E-state index contributed by atoms with van der Waals surface area (Å²) in [5.41, 5.74) is -0.790. The van der Waals surface area contributed by atoms with E-state index in [0.717, 1.165) is 0 Å². The number of alkyl halides is 3. The summed E-state index contributed by atoms with van der Waals surface area (Å²) in [6.45, 7) is 2.72. The molecule has 2 aromatic rings. The minimum absolute atomic E-state index is 0. The van der Waals surface area contributed by atoms with Gasteiger partial charge in [0.15, 0.2) is 11.7 Å². The Morgan fingerprint density at radius 1 is 1.18 bits per heavy atom. The Morgan fingerprint density at radius 3 is 2.39 bits per heavy atom. The fourth-order valence-corrected chi connectivity index (χ4v) is 2.98. The largest absolute Gasteiger partial charge is 0.435 e. The van der Waals surface area contributed by atoms with E-state index in [1.165, 1.54) is 17.9 Å². The molecule has 12 heteroatoms. The Labute approximate surface area is 177 Å². The molecule has 0 aliphatic carbocycles. The van der Waals surface area contributed by atoms with Crippen LogP contribution in [-0.2, 0) is 19.8 Å². The highest BCUT2D eigenvalue weighted by molar-refractivity contribution is 14.0. The van der Waals surface area contributed by atoms with Gasteiger partial charge in [0.25, 0.3) is 0 Å². The number of rotatable bonds is 3. The number of hydrogen-bond donors (Lipinski definition) is 1. The summed E-state index contributed by atoms with van der Waals surface area (Å²) in [5, 5.41) is 6.53. The fraction of sp³-hybridized carbons (Fsp3) is 0.500. The molecule has 2 aromatic heterocycles. The third-order valence-corrected chi connectivity index (χ3v) is 4.24. The Balaban J connectivity index is 0.00000280. The van der Waals surface area contributed by atoms with Gasteiger partial charge in [0.2, 0.25) is 5.95 Å². The number of aliphatic imine (C=N–C) groups is 1. The predicted molar refractivity (Wildman–Crippen MR) is 110 cm³/mol. The second-order valence-electron chi connectivity index (χ2n) is 6.10. The topological polar surface area (TPSA) is 74.5 Å². The first-order chi connectivity index (χ1) is 12.9. The summed E-state index contributed by atoms with van der Waals surface area (Å²) in [5.74, 6) is 1.23. The van der Waals surface area contributed by atoms with Crippen LogP contribution in [0.4, 0.5) is 19.1 Å². The van der Waals surface area contributed by atoms with Crippen molar-refractivity contribution in [3.05, 3.63) is 35.9 Å². The molecule has 3 rings (SSSR count). The number of hydrogen-bond acceptors (Lipinski definition) is 5. The van der Waals surface area contributed by atoms with Crippen molar-refractivity contribution in [3.8, 4) is 0 Å². The number of nitrogens with one attached hydrogen (secondary N) is 1. The van der Waals surface area contributed by atoms with Gasteiger partial charge in [-0.2, -0.15) is 18.3 Å². The first-order valence-corrected chi connectivity index (χ1v) is 8.45. The van der Waals surface area contributed by atoms with Crippen LogP contribution in [0.15, 0.2) is 29.6 Å². The lowest BCUT2D eigenvalue weighted by atomic mass is 10.2. The van der Waals surface area contributed by atoms with Crippen LogP contribution in [0.2, 0.25) is 0 Å². The highest BCUT2D eigenvalue weighted by Crippen LogP contribution is 2.30. The van der Waals surface area contributed by atoms with Crippen molar-refractivity contribution in [2.45, 2.75) is 12.7 Å². The third-order valence-electron chi connectivity index (χ3n) is 4.24. The maximum atomic E-state index is 13.1. The minimum Gasteiger partial charge on any atom is -0.352 e. The van der Waals surface area contributed by atoms with Crippen molar-refractivity contribution in [2.75, 3.05) is 38.1 Å². The number of piperazine rings is 1. The van der Waals surface area contributed by atoms with E-state index in [4.69, 9.17) is 0 Å². The quantitative estimate of drug-likeness (QED) is 0.386. The maximum absolute atomic E-state index is 13.1. The average Bonchev–Trinajstić information content (AvgIpc) is 3.05. The maximum Gasteiger partial charge on any atom is 0.435 e. The van der Waals surface area contributed by atoms with Crippen molar-refractivity contribution in [1.29, 1.82) is 0 Å². The normalized spacial score (nSPS) is 15.4. The van der Waals surface area contributed by atoms with Gasteiger partial charge in [-0.1, -0.05) is 0 Å². The summed E-state index contributed by atoms with van der Waals surface area (Å²) in [6.07, 6.45) is 0.277. The molecule has 0 spiro atoms. The third kappa shape index (κ3) is 5.23. The Kier molecular flexibility index (Phi) is 7.43. The second kappa shape index (κ2) is 9.39. The van der Waals surface area contributed by atoms with Gasteiger partial charge in [0, 0.05) is 71.0 Å². The van der Waals surface area contributed by atoms with Crippen molar-refractivity contribution in [1.82, 2.24) is 30.0 Å². The molecule has 28 heavy (non-hydrogen) atoms. The molecule has 154 valence electrons.